The van der Waals surface area contributed by atoms with Crippen molar-refractivity contribution in [3.63, 3.8) is 0 Å². The molecule has 7 nitrogen and oxygen atoms in total. The summed E-state index contributed by atoms with van der Waals surface area (Å²) in [6.07, 6.45) is 0. The second kappa shape index (κ2) is 9.40. The molecule has 0 saturated carbocycles. The Morgan fingerprint density at radius 2 is 1.71 bits per heavy atom. The van der Waals surface area contributed by atoms with Gasteiger partial charge in [0.25, 0.3) is 0 Å². The van der Waals surface area contributed by atoms with Gasteiger partial charge in [0, 0.05) is 17.6 Å². The molecule has 1 atom stereocenters. The smallest absolute Gasteiger partial charge is 0.243 e. The van der Waals surface area contributed by atoms with Crippen molar-refractivity contribution in [1.29, 1.82) is 0 Å². The normalized spacial score (nSPS) is 12.5. The Hall–Kier alpha value is -2.10. The van der Waals surface area contributed by atoms with E-state index in [1.165, 1.54) is 39.5 Å². The topological polar surface area (TPSA) is 84.9 Å². The monoisotopic (exact) mass is 470 g/mol. The summed E-state index contributed by atoms with van der Waals surface area (Å²) in [4.78, 5) is 12.3. The van der Waals surface area contributed by atoms with Gasteiger partial charge >= 0.3 is 0 Å². The molecule has 0 aliphatic carbocycles. The Morgan fingerprint density at radius 1 is 1.11 bits per heavy atom. The zero-order valence-corrected chi connectivity index (χ0v) is 18.5. The molecular formula is C19H23BrN2O5S. The first-order valence-electron chi connectivity index (χ1n) is 8.42. The predicted octanol–water partition coefficient (Wildman–Crippen LogP) is 2.96. The summed E-state index contributed by atoms with van der Waals surface area (Å²) >= 11 is 3.36. The number of amides is 1. The van der Waals surface area contributed by atoms with Gasteiger partial charge in [-0.1, -0.05) is 28.1 Å². The zero-order chi connectivity index (χ0) is 20.9. The van der Waals surface area contributed by atoms with Gasteiger partial charge in [-0.2, -0.15) is 4.31 Å². The van der Waals surface area contributed by atoms with Crippen molar-refractivity contribution in [2.24, 2.45) is 0 Å². The third kappa shape index (κ3) is 5.24. The Kier molecular flexibility index (Phi) is 7.45. The highest BCUT2D eigenvalue weighted by Gasteiger charge is 2.25. The van der Waals surface area contributed by atoms with E-state index in [-0.39, 0.29) is 17.5 Å². The number of halogens is 1. The van der Waals surface area contributed by atoms with Crippen molar-refractivity contribution in [2.45, 2.75) is 17.9 Å². The summed E-state index contributed by atoms with van der Waals surface area (Å²) in [5.74, 6) is 0.317. The highest BCUT2D eigenvalue weighted by molar-refractivity contribution is 9.10. The lowest BCUT2D eigenvalue weighted by atomic mass is 10.1. The van der Waals surface area contributed by atoms with E-state index in [0.717, 1.165) is 14.3 Å². The number of hydrogen-bond acceptors (Lipinski definition) is 5. The lowest BCUT2D eigenvalue weighted by molar-refractivity contribution is -0.121. The molecule has 9 heteroatoms. The van der Waals surface area contributed by atoms with Crippen LogP contribution in [0.3, 0.4) is 0 Å². The SMILES string of the molecule is COc1ccc(S(=O)(=O)N(C)CC(=O)N[C@@H](C)c2ccc(Br)cc2)cc1OC. The molecule has 2 aromatic rings. The minimum atomic E-state index is -3.87. The fraction of sp³-hybridized carbons (Fsp3) is 0.316. The van der Waals surface area contributed by atoms with Crippen LogP contribution in [0.2, 0.25) is 0 Å². The zero-order valence-electron chi connectivity index (χ0n) is 16.1. The number of methoxy groups -OCH3 is 2. The van der Waals surface area contributed by atoms with Crippen LogP contribution in [0, 0.1) is 0 Å². The molecule has 0 aliphatic heterocycles. The highest BCUT2D eigenvalue weighted by Crippen LogP contribution is 2.30. The van der Waals surface area contributed by atoms with Gasteiger partial charge in [0.05, 0.1) is 31.7 Å². The first-order valence-corrected chi connectivity index (χ1v) is 10.7. The van der Waals surface area contributed by atoms with Gasteiger partial charge in [-0.25, -0.2) is 8.42 Å². The van der Waals surface area contributed by atoms with E-state index in [1.54, 1.807) is 0 Å². The van der Waals surface area contributed by atoms with Crippen LogP contribution < -0.4 is 14.8 Å². The summed E-state index contributed by atoms with van der Waals surface area (Å²) in [5, 5.41) is 2.81. The van der Waals surface area contributed by atoms with Gasteiger partial charge < -0.3 is 14.8 Å². The highest BCUT2D eigenvalue weighted by atomic mass is 79.9. The summed E-state index contributed by atoms with van der Waals surface area (Å²) in [6.45, 7) is 1.53. The third-order valence-corrected chi connectivity index (χ3v) is 6.51. The molecule has 0 unspecified atom stereocenters. The van der Waals surface area contributed by atoms with Gasteiger partial charge in [0.1, 0.15) is 0 Å². The van der Waals surface area contributed by atoms with E-state index in [4.69, 9.17) is 9.47 Å². The number of carbonyl (C=O) groups excluding carboxylic acids is 1. The maximum absolute atomic E-state index is 12.8. The number of carbonyl (C=O) groups is 1. The maximum Gasteiger partial charge on any atom is 0.243 e. The van der Waals surface area contributed by atoms with Crippen molar-refractivity contribution >= 4 is 31.9 Å². The number of nitrogens with one attached hydrogen (secondary N) is 1. The summed E-state index contributed by atoms with van der Waals surface area (Å²) < 4.78 is 37.8. The molecule has 1 N–H and O–H groups in total. The van der Waals surface area contributed by atoms with Crippen LogP contribution in [0.1, 0.15) is 18.5 Å². The fourth-order valence-electron chi connectivity index (χ4n) is 2.57. The van der Waals surface area contributed by atoms with Crippen molar-refractivity contribution in [2.75, 3.05) is 27.8 Å². The van der Waals surface area contributed by atoms with Crippen molar-refractivity contribution in [3.8, 4) is 11.5 Å². The second-order valence-electron chi connectivity index (χ2n) is 6.12. The predicted molar refractivity (Wildman–Crippen MR) is 110 cm³/mol. The second-order valence-corrected chi connectivity index (χ2v) is 9.08. The van der Waals surface area contributed by atoms with E-state index < -0.39 is 15.9 Å². The minimum Gasteiger partial charge on any atom is -0.493 e. The number of sulfonamides is 1. The van der Waals surface area contributed by atoms with E-state index in [9.17, 15) is 13.2 Å². The molecular weight excluding hydrogens is 448 g/mol. The third-order valence-electron chi connectivity index (χ3n) is 4.18. The van der Waals surface area contributed by atoms with Crippen LogP contribution in [-0.2, 0) is 14.8 Å². The summed E-state index contributed by atoms with van der Waals surface area (Å²) in [7, 11) is 0.383. The molecule has 0 fully saturated rings. The average molecular weight is 471 g/mol. The number of likely N-dealkylation sites (N-methyl/N-ethyl adjacent to an activating group) is 1. The number of nitrogens with zero attached hydrogens (tertiary/aromatic N) is 1. The molecule has 0 radical (unpaired) electrons. The van der Waals surface area contributed by atoms with Gasteiger partial charge in [-0.15, -0.1) is 0 Å². The standard InChI is InChI=1S/C19H23BrN2O5S/c1-13(14-5-7-15(20)8-6-14)21-19(23)12-22(2)28(24,25)16-9-10-17(26-3)18(11-16)27-4/h5-11,13H,12H2,1-4H3,(H,21,23)/t13-/m0/s1. The lowest BCUT2D eigenvalue weighted by Crippen LogP contribution is -2.39. The van der Waals surface area contributed by atoms with Crippen LogP contribution in [0.5, 0.6) is 11.5 Å². The molecule has 2 rings (SSSR count). The van der Waals surface area contributed by atoms with Gasteiger partial charge in [-0.05, 0) is 36.8 Å². The number of ether oxygens (including phenoxy) is 2. The van der Waals surface area contributed by atoms with E-state index in [2.05, 4.69) is 21.2 Å². The molecule has 152 valence electrons. The molecule has 28 heavy (non-hydrogen) atoms. The Bertz CT molecular complexity index is 932. The summed E-state index contributed by atoms with van der Waals surface area (Å²) in [6, 6.07) is 11.6. The van der Waals surface area contributed by atoms with Crippen molar-refractivity contribution in [3.05, 3.63) is 52.5 Å². The molecule has 1 amide bonds. The van der Waals surface area contributed by atoms with E-state index >= 15 is 0 Å². The number of rotatable bonds is 8. The first kappa shape index (κ1) is 22.2. The van der Waals surface area contributed by atoms with Gasteiger partial charge in [-0.3, -0.25) is 4.79 Å². The molecule has 0 aromatic heterocycles. The molecule has 0 saturated heterocycles. The van der Waals surface area contributed by atoms with Crippen LogP contribution in [0.4, 0.5) is 0 Å². The van der Waals surface area contributed by atoms with Crippen LogP contribution in [0.25, 0.3) is 0 Å². The lowest BCUT2D eigenvalue weighted by Gasteiger charge is -2.20. The van der Waals surface area contributed by atoms with Crippen LogP contribution in [0.15, 0.2) is 51.8 Å². The molecule has 0 bridgehead atoms. The van der Waals surface area contributed by atoms with Crippen LogP contribution in [-0.4, -0.2) is 46.4 Å². The van der Waals surface area contributed by atoms with Crippen molar-refractivity contribution < 1.29 is 22.7 Å². The van der Waals surface area contributed by atoms with E-state index in [1.807, 2.05) is 31.2 Å². The molecule has 0 heterocycles. The average Bonchev–Trinajstić information content (AvgIpc) is 2.67. The maximum atomic E-state index is 12.8. The largest absolute Gasteiger partial charge is 0.493 e. The number of hydrogen-bond donors (Lipinski definition) is 1. The molecule has 0 spiro atoms. The molecule has 0 aliphatic rings. The fourth-order valence-corrected chi connectivity index (χ4v) is 3.97. The van der Waals surface area contributed by atoms with Gasteiger partial charge in [0.15, 0.2) is 11.5 Å². The molecule has 2 aromatic carbocycles. The van der Waals surface area contributed by atoms with Crippen molar-refractivity contribution in [1.82, 2.24) is 9.62 Å². The first-order chi connectivity index (χ1) is 13.2. The van der Waals surface area contributed by atoms with E-state index in [0.29, 0.717) is 11.5 Å². The number of benzene rings is 2. The Morgan fingerprint density at radius 3 is 2.29 bits per heavy atom. The van der Waals surface area contributed by atoms with Crippen LogP contribution >= 0.6 is 15.9 Å². The Balaban J connectivity index is 2.08. The summed E-state index contributed by atoms with van der Waals surface area (Å²) in [5.41, 5.74) is 0.918. The van der Waals surface area contributed by atoms with Gasteiger partial charge in [0.2, 0.25) is 15.9 Å². The quantitative estimate of drug-likeness (QED) is 0.640. The minimum absolute atomic E-state index is 0.0152. The Labute approximate surface area is 173 Å².